The molecule has 38 heavy (non-hydrogen) atoms. The third kappa shape index (κ3) is 5.20. The van der Waals surface area contributed by atoms with Crippen LogP contribution < -0.4 is 0 Å². The van der Waals surface area contributed by atoms with Crippen molar-refractivity contribution in [2.24, 2.45) is 0 Å². The molecular weight excluding hydrogens is 474 g/mol. The first-order valence-electron chi connectivity index (χ1n) is 13.2. The van der Waals surface area contributed by atoms with Crippen LogP contribution in [-0.2, 0) is 14.9 Å². The van der Waals surface area contributed by atoms with Crippen LogP contribution in [0, 0.1) is 13.8 Å². The smallest absolute Gasteiger partial charge is 0.316 e. The summed E-state index contributed by atoms with van der Waals surface area (Å²) in [5.74, 6) is 0.467. The van der Waals surface area contributed by atoms with Crippen molar-refractivity contribution in [1.82, 2.24) is 5.16 Å². The molecule has 0 aliphatic heterocycles. The third-order valence-electron chi connectivity index (χ3n) is 7.29. The maximum atomic E-state index is 12.4. The Kier molecular flexibility index (Phi) is 7.30. The molecule has 1 heterocycles. The Morgan fingerprint density at radius 1 is 1.03 bits per heavy atom. The zero-order valence-electron chi connectivity index (χ0n) is 22.1. The van der Waals surface area contributed by atoms with Gasteiger partial charge < -0.3 is 14.4 Å². The van der Waals surface area contributed by atoms with E-state index in [-0.39, 0.29) is 5.97 Å². The molecule has 0 amide bonds. The van der Waals surface area contributed by atoms with E-state index in [0.29, 0.717) is 30.0 Å². The van der Waals surface area contributed by atoms with Gasteiger partial charge in [-0.1, -0.05) is 95.7 Å². The SMILES string of the molecule is CCOC(=O)C1(c2ccc(-c3ccc(-c4onc(C)c4C(O)C/C=C/c4cccc(C)c4)cc3)cc2)CC1. The highest BCUT2D eigenvalue weighted by Gasteiger charge is 2.52. The Labute approximate surface area is 223 Å². The highest BCUT2D eigenvalue weighted by Crippen LogP contribution is 2.49. The summed E-state index contributed by atoms with van der Waals surface area (Å²) in [4.78, 5) is 12.4. The van der Waals surface area contributed by atoms with E-state index in [1.807, 2.05) is 74.5 Å². The number of hydrogen-bond acceptors (Lipinski definition) is 5. The molecule has 1 aliphatic carbocycles. The van der Waals surface area contributed by atoms with Crippen molar-refractivity contribution in [3.8, 4) is 22.5 Å². The average molecular weight is 508 g/mol. The molecule has 1 saturated carbocycles. The zero-order valence-corrected chi connectivity index (χ0v) is 22.1. The highest BCUT2D eigenvalue weighted by atomic mass is 16.5. The minimum Gasteiger partial charge on any atom is -0.465 e. The van der Waals surface area contributed by atoms with E-state index >= 15 is 0 Å². The fraction of sp³-hybridized carbons (Fsp3) is 0.273. The quantitative estimate of drug-likeness (QED) is 0.240. The first kappa shape index (κ1) is 25.7. The van der Waals surface area contributed by atoms with Crippen molar-refractivity contribution >= 4 is 12.0 Å². The topological polar surface area (TPSA) is 72.6 Å². The van der Waals surface area contributed by atoms with E-state index in [9.17, 15) is 9.90 Å². The molecule has 1 fully saturated rings. The maximum absolute atomic E-state index is 12.4. The minimum absolute atomic E-state index is 0.122. The standard InChI is InChI=1S/C33H33NO4/c1-4-37-32(36)33(19-20-33)28-17-15-26(16-18-28)25-11-13-27(14-12-25)31-30(23(3)34-38-31)29(35)10-6-9-24-8-5-7-22(2)21-24/h5-9,11-18,21,29,35H,4,10,19-20H2,1-3H3/b9-6+. The molecule has 5 nitrogen and oxygen atoms in total. The number of carbonyl (C=O) groups excluding carboxylic acids is 1. The third-order valence-corrected chi connectivity index (χ3v) is 7.29. The Hall–Kier alpha value is -3.96. The molecule has 0 bridgehead atoms. The second kappa shape index (κ2) is 10.8. The molecule has 1 unspecified atom stereocenters. The molecule has 194 valence electrons. The predicted molar refractivity (Wildman–Crippen MR) is 149 cm³/mol. The molecule has 0 spiro atoms. The highest BCUT2D eigenvalue weighted by molar-refractivity contribution is 5.87. The van der Waals surface area contributed by atoms with Crippen LogP contribution in [0.4, 0.5) is 0 Å². The lowest BCUT2D eigenvalue weighted by atomic mass is 9.93. The molecule has 4 aromatic rings. The maximum Gasteiger partial charge on any atom is 0.316 e. The second-order valence-corrected chi connectivity index (χ2v) is 10.0. The molecule has 0 saturated heterocycles. The van der Waals surface area contributed by atoms with Gasteiger partial charge >= 0.3 is 5.97 Å². The summed E-state index contributed by atoms with van der Waals surface area (Å²) in [6.45, 7) is 6.16. The first-order valence-corrected chi connectivity index (χ1v) is 13.2. The molecule has 1 N–H and O–H groups in total. The van der Waals surface area contributed by atoms with Gasteiger partial charge in [0.2, 0.25) is 0 Å². The van der Waals surface area contributed by atoms with Crippen molar-refractivity contribution in [2.45, 2.75) is 51.6 Å². The van der Waals surface area contributed by atoms with Crippen LogP contribution in [0.3, 0.4) is 0 Å². The van der Waals surface area contributed by atoms with Crippen molar-refractivity contribution in [3.05, 3.63) is 107 Å². The molecule has 1 aromatic heterocycles. The van der Waals surface area contributed by atoms with Crippen LogP contribution in [-0.4, -0.2) is 22.8 Å². The van der Waals surface area contributed by atoms with Crippen LogP contribution in [0.1, 0.15) is 60.2 Å². The fourth-order valence-corrected chi connectivity index (χ4v) is 5.00. The van der Waals surface area contributed by atoms with Gasteiger partial charge in [-0.3, -0.25) is 4.79 Å². The number of ether oxygens (including phenoxy) is 1. The van der Waals surface area contributed by atoms with Crippen molar-refractivity contribution in [3.63, 3.8) is 0 Å². The van der Waals surface area contributed by atoms with Crippen molar-refractivity contribution in [2.75, 3.05) is 6.61 Å². The molecular formula is C33H33NO4. The summed E-state index contributed by atoms with van der Waals surface area (Å²) >= 11 is 0. The second-order valence-electron chi connectivity index (χ2n) is 10.0. The van der Waals surface area contributed by atoms with Gasteiger partial charge in [0.25, 0.3) is 0 Å². The summed E-state index contributed by atoms with van der Waals surface area (Å²) < 4.78 is 10.9. The van der Waals surface area contributed by atoms with Crippen molar-refractivity contribution in [1.29, 1.82) is 0 Å². The molecule has 3 aromatic carbocycles. The van der Waals surface area contributed by atoms with Gasteiger partial charge in [-0.05, 0) is 62.3 Å². The largest absolute Gasteiger partial charge is 0.465 e. The first-order chi connectivity index (χ1) is 18.4. The van der Waals surface area contributed by atoms with Gasteiger partial charge in [0.1, 0.15) is 0 Å². The number of hydrogen-bond donors (Lipinski definition) is 1. The average Bonchev–Trinajstić information content (AvgIpc) is 3.65. The number of esters is 1. The molecule has 1 atom stereocenters. The molecule has 5 rings (SSSR count). The predicted octanol–water partition coefficient (Wildman–Crippen LogP) is 7.36. The number of aromatic nitrogens is 1. The fourth-order valence-electron chi connectivity index (χ4n) is 5.00. The Bertz CT molecular complexity index is 1440. The normalized spacial score (nSPS) is 14.9. The minimum atomic E-state index is -0.723. The van der Waals surface area contributed by atoms with Gasteiger partial charge in [0.05, 0.1) is 29.4 Å². The van der Waals surface area contributed by atoms with Gasteiger partial charge in [-0.15, -0.1) is 0 Å². The number of benzene rings is 3. The van der Waals surface area contributed by atoms with Crippen LogP contribution in [0.15, 0.2) is 83.4 Å². The number of aryl methyl sites for hydroxylation is 2. The van der Waals surface area contributed by atoms with Gasteiger partial charge in [0.15, 0.2) is 5.76 Å². The van der Waals surface area contributed by atoms with Crippen LogP contribution in [0.25, 0.3) is 28.5 Å². The van der Waals surface area contributed by atoms with E-state index in [1.54, 1.807) is 0 Å². The number of rotatable bonds is 9. The summed E-state index contributed by atoms with van der Waals surface area (Å²) in [5.41, 5.74) is 7.25. The lowest BCUT2D eigenvalue weighted by Gasteiger charge is -2.15. The Morgan fingerprint density at radius 2 is 1.68 bits per heavy atom. The lowest BCUT2D eigenvalue weighted by Crippen LogP contribution is -2.23. The Balaban J connectivity index is 1.30. The van der Waals surface area contributed by atoms with E-state index in [0.717, 1.165) is 40.7 Å². The van der Waals surface area contributed by atoms with Crippen LogP contribution in [0.2, 0.25) is 0 Å². The van der Waals surface area contributed by atoms with E-state index in [4.69, 9.17) is 9.26 Å². The number of aliphatic hydroxyl groups is 1. The van der Waals surface area contributed by atoms with Crippen LogP contribution >= 0.6 is 0 Å². The van der Waals surface area contributed by atoms with Crippen molar-refractivity contribution < 1.29 is 19.2 Å². The molecule has 1 aliphatic rings. The molecule has 0 radical (unpaired) electrons. The molecule has 5 heteroatoms. The zero-order chi connectivity index (χ0) is 26.7. The monoisotopic (exact) mass is 507 g/mol. The summed E-state index contributed by atoms with van der Waals surface area (Å²) in [7, 11) is 0. The van der Waals surface area contributed by atoms with E-state index < -0.39 is 11.5 Å². The van der Waals surface area contributed by atoms with Gasteiger partial charge in [0, 0.05) is 5.56 Å². The Morgan fingerprint density at radius 3 is 2.32 bits per heavy atom. The van der Waals surface area contributed by atoms with E-state index in [2.05, 4.69) is 36.3 Å². The number of carbonyl (C=O) groups is 1. The summed E-state index contributed by atoms with van der Waals surface area (Å²) in [5, 5.41) is 15.1. The lowest BCUT2D eigenvalue weighted by molar-refractivity contribution is -0.146. The van der Waals surface area contributed by atoms with Gasteiger partial charge in [-0.2, -0.15) is 0 Å². The summed E-state index contributed by atoms with van der Waals surface area (Å²) in [6.07, 6.45) is 5.42. The number of aliphatic hydroxyl groups excluding tert-OH is 1. The van der Waals surface area contributed by atoms with E-state index in [1.165, 1.54) is 5.56 Å². The van der Waals surface area contributed by atoms with Crippen LogP contribution in [0.5, 0.6) is 0 Å². The summed E-state index contributed by atoms with van der Waals surface area (Å²) in [6, 6.07) is 24.5. The van der Waals surface area contributed by atoms with Gasteiger partial charge in [-0.25, -0.2) is 0 Å². The number of nitrogens with zero attached hydrogens (tertiary/aromatic N) is 1.